The molecule has 5 heteroatoms. The van der Waals surface area contributed by atoms with Crippen LogP contribution in [-0.2, 0) is 9.59 Å². The third-order valence-electron chi connectivity index (χ3n) is 2.57. The lowest BCUT2D eigenvalue weighted by molar-refractivity contribution is -0.142. The van der Waals surface area contributed by atoms with E-state index >= 15 is 0 Å². The minimum atomic E-state index is -0.966. The molecule has 0 aromatic rings. The first-order chi connectivity index (χ1) is 8.36. The van der Waals surface area contributed by atoms with Crippen molar-refractivity contribution in [2.45, 2.75) is 59.0 Å². The fraction of sp³-hybridized carbons (Fsp3) is 0.846. The first-order valence-electron chi connectivity index (χ1n) is 6.62. The molecule has 0 fully saturated rings. The normalized spacial score (nSPS) is 14.3. The molecule has 0 aliphatic carbocycles. The van der Waals surface area contributed by atoms with Crippen LogP contribution < -0.4 is 10.6 Å². The Labute approximate surface area is 109 Å². The highest BCUT2D eigenvalue weighted by Gasteiger charge is 2.21. The maximum atomic E-state index is 11.7. The Kier molecular flexibility index (Phi) is 8.37. The summed E-state index contributed by atoms with van der Waals surface area (Å²) in [6.45, 7) is 8.72. The standard InChI is InChI=1S/C13H26N2O3/c1-5-6-14-10(4)8-12(16)15-11(13(17)18)7-9(2)3/h9-11,14H,5-8H2,1-4H3,(H,15,16)(H,17,18). The lowest BCUT2D eigenvalue weighted by atomic mass is 10.0. The molecule has 0 aromatic heterocycles. The monoisotopic (exact) mass is 258 g/mol. The Morgan fingerprint density at radius 1 is 1.22 bits per heavy atom. The fourth-order valence-corrected chi connectivity index (χ4v) is 1.69. The van der Waals surface area contributed by atoms with Crippen molar-refractivity contribution in [1.82, 2.24) is 10.6 Å². The second-order valence-corrected chi connectivity index (χ2v) is 5.15. The first kappa shape index (κ1) is 16.9. The van der Waals surface area contributed by atoms with Crippen molar-refractivity contribution in [2.75, 3.05) is 6.54 Å². The van der Waals surface area contributed by atoms with E-state index in [0.717, 1.165) is 13.0 Å². The number of hydrogen-bond acceptors (Lipinski definition) is 3. The number of amides is 1. The molecule has 2 atom stereocenters. The highest BCUT2D eigenvalue weighted by molar-refractivity contribution is 5.83. The van der Waals surface area contributed by atoms with E-state index in [1.54, 1.807) is 0 Å². The van der Waals surface area contributed by atoms with E-state index in [-0.39, 0.29) is 17.9 Å². The Bertz CT molecular complexity index is 267. The van der Waals surface area contributed by atoms with Gasteiger partial charge in [0.1, 0.15) is 6.04 Å². The Morgan fingerprint density at radius 3 is 2.28 bits per heavy atom. The second kappa shape index (κ2) is 8.91. The summed E-state index contributed by atoms with van der Waals surface area (Å²) in [4.78, 5) is 22.7. The van der Waals surface area contributed by atoms with E-state index in [2.05, 4.69) is 17.6 Å². The summed E-state index contributed by atoms with van der Waals surface area (Å²) in [5.74, 6) is -0.938. The molecular formula is C13H26N2O3. The van der Waals surface area contributed by atoms with E-state index in [0.29, 0.717) is 12.8 Å². The van der Waals surface area contributed by atoms with Crippen LogP contribution in [0.5, 0.6) is 0 Å². The van der Waals surface area contributed by atoms with Crippen LogP contribution in [0.1, 0.15) is 47.0 Å². The number of carbonyl (C=O) groups excluding carboxylic acids is 1. The summed E-state index contributed by atoms with van der Waals surface area (Å²) < 4.78 is 0. The number of nitrogens with one attached hydrogen (secondary N) is 2. The largest absolute Gasteiger partial charge is 0.480 e. The topological polar surface area (TPSA) is 78.4 Å². The fourth-order valence-electron chi connectivity index (χ4n) is 1.69. The molecule has 0 bridgehead atoms. The molecule has 0 saturated heterocycles. The molecule has 18 heavy (non-hydrogen) atoms. The predicted molar refractivity (Wildman–Crippen MR) is 71.4 cm³/mol. The number of carboxylic acids is 1. The van der Waals surface area contributed by atoms with Gasteiger partial charge in [-0.25, -0.2) is 4.79 Å². The van der Waals surface area contributed by atoms with Gasteiger partial charge < -0.3 is 15.7 Å². The van der Waals surface area contributed by atoms with E-state index in [9.17, 15) is 9.59 Å². The molecule has 106 valence electrons. The number of rotatable bonds is 9. The summed E-state index contributed by atoms with van der Waals surface area (Å²) >= 11 is 0. The van der Waals surface area contributed by atoms with Crippen molar-refractivity contribution in [3.8, 4) is 0 Å². The summed E-state index contributed by atoms with van der Waals surface area (Å²) in [6, 6.07) is -0.714. The molecule has 2 unspecified atom stereocenters. The summed E-state index contributed by atoms with van der Waals surface area (Å²) in [5, 5.41) is 14.8. The van der Waals surface area contributed by atoms with Crippen LogP contribution in [0, 0.1) is 5.92 Å². The lowest BCUT2D eigenvalue weighted by Crippen LogP contribution is -2.43. The van der Waals surface area contributed by atoms with Crippen molar-refractivity contribution >= 4 is 11.9 Å². The number of carboxylic acid groups (broad SMARTS) is 1. The first-order valence-corrected chi connectivity index (χ1v) is 6.62. The van der Waals surface area contributed by atoms with Crippen LogP contribution in [-0.4, -0.2) is 35.6 Å². The molecule has 3 N–H and O–H groups in total. The summed E-state index contributed by atoms with van der Waals surface area (Å²) in [7, 11) is 0. The molecule has 0 heterocycles. The number of hydrogen-bond donors (Lipinski definition) is 3. The van der Waals surface area contributed by atoms with Gasteiger partial charge in [0.25, 0.3) is 0 Å². The number of aliphatic carboxylic acids is 1. The van der Waals surface area contributed by atoms with Gasteiger partial charge in [0.05, 0.1) is 0 Å². The van der Waals surface area contributed by atoms with Gasteiger partial charge in [0, 0.05) is 12.5 Å². The van der Waals surface area contributed by atoms with E-state index < -0.39 is 12.0 Å². The van der Waals surface area contributed by atoms with Crippen molar-refractivity contribution in [1.29, 1.82) is 0 Å². The molecule has 0 radical (unpaired) electrons. The highest BCUT2D eigenvalue weighted by atomic mass is 16.4. The van der Waals surface area contributed by atoms with Crippen molar-refractivity contribution in [2.24, 2.45) is 5.92 Å². The van der Waals surface area contributed by atoms with Gasteiger partial charge in [-0.05, 0) is 32.2 Å². The third kappa shape index (κ3) is 8.06. The quantitative estimate of drug-likeness (QED) is 0.584. The zero-order chi connectivity index (χ0) is 14.1. The SMILES string of the molecule is CCCNC(C)CC(=O)NC(CC(C)C)C(=O)O. The highest BCUT2D eigenvalue weighted by Crippen LogP contribution is 2.05. The predicted octanol–water partition coefficient (Wildman–Crippen LogP) is 1.38. The third-order valence-corrected chi connectivity index (χ3v) is 2.57. The van der Waals surface area contributed by atoms with Gasteiger partial charge in [0.15, 0.2) is 0 Å². The maximum Gasteiger partial charge on any atom is 0.326 e. The van der Waals surface area contributed by atoms with Crippen LogP contribution >= 0.6 is 0 Å². The second-order valence-electron chi connectivity index (χ2n) is 5.15. The Morgan fingerprint density at radius 2 is 1.83 bits per heavy atom. The van der Waals surface area contributed by atoms with Crippen molar-refractivity contribution in [3.63, 3.8) is 0 Å². The summed E-state index contributed by atoms with van der Waals surface area (Å²) in [6.07, 6.45) is 1.77. The van der Waals surface area contributed by atoms with Gasteiger partial charge in [0.2, 0.25) is 5.91 Å². The van der Waals surface area contributed by atoms with Crippen molar-refractivity contribution < 1.29 is 14.7 Å². The van der Waals surface area contributed by atoms with Crippen LogP contribution in [0.25, 0.3) is 0 Å². The molecular weight excluding hydrogens is 232 g/mol. The van der Waals surface area contributed by atoms with Crippen molar-refractivity contribution in [3.05, 3.63) is 0 Å². The Balaban J connectivity index is 4.13. The zero-order valence-electron chi connectivity index (χ0n) is 11.8. The molecule has 0 spiro atoms. The summed E-state index contributed by atoms with van der Waals surface area (Å²) in [5.41, 5.74) is 0. The van der Waals surface area contributed by atoms with Crippen LogP contribution in [0.15, 0.2) is 0 Å². The average Bonchev–Trinajstić information content (AvgIpc) is 2.24. The van der Waals surface area contributed by atoms with Gasteiger partial charge in [-0.15, -0.1) is 0 Å². The lowest BCUT2D eigenvalue weighted by Gasteiger charge is -2.18. The molecule has 0 saturated carbocycles. The van der Waals surface area contributed by atoms with Gasteiger partial charge >= 0.3 is 5.97 Å². The molecule has 0 rings (SSSR count). The maximum absolute atomic E-state index is 11.7. The molecule has 5 nitrogen and oxygen atoms in total. The zero-order valence-corrected chi connectivity index (χ0v) is 11.8. The van der Waals surface area contributed by atoms with E-state index in [1.165, 1.54) is 0 Å². The minimum Gasteiger partial charge on any atom is -0.480 e. The molecule has 1 amide bonds. The number of carbonyl (C=O) groups is 2. The van der Waals surface area contributed by atoms with Crippen LogP contribution in [0.3, 0.4) is 0 Å². The van der Waals surface area contributed by atoms with Gasteiger partial charge in [-0.3, -0.25) is 4.79 Å². The van der Waals surface area contributed by atoms with E-state index in [1.807, 2.05) is 20.8 Å². The van der Waals surface area contributed by atoms with Crippen LogP contribution in [0.2, 0.25) is 0 Å². The van der Waals surface area contributed by atoms with Gasteiger partial charge in [-0.1, -0.05) is 20.8 Å². The smallest absolute Gasteiger partial charge is 0.326 e. The molecule has 0 aliphatic rings. The Hall–Kier alpha value is -1.10. The van der Waals surface area contributed by atoms with E-state index in [4.69, 9.17) is 5.11 Å². The molecule has 0 aliphatic heterocycles. The van der Waals surface area contributed by atoms with Crippen LogP contribution in [0.4, 0.5) is 0 Å². The molecule has 0 aromatic carbocycles. The minimum absolute atomic E-state index is 0.0680. The van der Waals surface area contributed by atoms with Gasteiger partial charge in [-0.2, -0.15) is 0 Å². The average molecular weight is 258 g/mol.